The first kappa shape index (κ1) is 14.3. The van der Waals surface area contributed by atoms with Crippen LogP contribution in [0.3, 0.4) is 0 Å². The first-order valence-corrected chi connectivity index (χ1v) is 7.05. The van der Waals surface area contributed by atoms with Gasteiger partial charge < -0.3 is 5.32 Å². The third-order valence-corrected chi connectivity index (χ3v) is 3.48. The molecule has 0 radical (unpaired) electrons. The number of rotatable bonds is 3. The summed E-state index contributed by atoms with van der Waals surface area (Å²) in [4.78, 5) is 16.3. The summed E-state index contributed by atoms with van der Waals surface area (Å²) in [5.41, 5.74) is 2.76. The molecule has 6 heteroatoms. The van der Waals surface area contributed by atoms with E-state index in [2.05, 4.69) is 15.4 Å². The first-order valence-electron chi connectivity index (χ1n) is 6.67. The van der Waals surface area contributed by atoms with Gasteiger partial charge in [0.1, 0.15) is 0 Å². The van der Waals surface area contributed by atoms with Crippen LogP contribution in [0.1, 0.15) is 16.1 Å². The average molecular weight is 313 g/mol. The van der Waals surface area contributed by atoms with Crippen molar-refractivity contribution in [3.8, 4) is 5.69 Å². The molecule has 0 saturated carbocycles. The van der Waals surface area contributed by atoms with Gasteiger partial charge in [-0.05, 0) is 37.3 Å². The lowest BCUT2D eigenvalue weighted by atomic mass is 10.2. The smallest absolute Gasteiger partial charge is 0.259 e. The van der Waals surface area contributed by atoms with E-state index in [4.69, 9.17) is 11.6 Å². The summed E-state index contributed by atoms with van der Waals surface area (Å²) in [6.45, 7) is 1.84. The summed E-state index contributed by atoms with van der Waals surface area (Å²) >= 11 is 6.00. The number of anilines is 1. The summed E-state index contributed by atoms with van der Waals surface area (Å²) in [7, 11) is 0. The standard InChI is InChI=1S/C16H13ClN4O/c1-11-15(16(22)20-13-5-7-18-8-6-13)10-19-21(11)14-4-2-3-12(17)9-14/h2-10H,1H3,(H,18,20,22). The quantitative estimate of drug-likeness (QED) is 0.805. The highest BCUT2D eigenvalue weighted by Gasteiger charge is 2.15. The fourth-order valence-corrected chi connectivity index (χ4v) is 2.32. The molecule has 0 unspecified atom stereocenters. The Kier molecular flexibility index (Phi) is 3.89. The largest absolute Gasteiger partial charge is 0.322 e. The highest BCUT2D eigenvalue weighted by molar-refractivity contribution is 6.30. The van der Waals surface area contributed by atoms with Crippen LogP contribution in [0.5, 0.6) is 0 Å². The third kappa shape index (κ3) is 2.84. The fraction of sp³-hybridized carbons (Fsp3) is 0.0625. The average Bonchev–Trinajstić information content (AvgIpc) is 2.90. The lowest BCUT2D eigenvalue weighted by Crippen LogP contribution is -2.13. The minimum Gasteiger partial charge on any atom is -0.322 e. The summed E-state index contributed by atoms with van der Waals surface area (Å²) in [5, 5.41) is 7.71. The van der Waals surface area contributed by atoms with E-state index in [9.17, 15) is 4.79 Å². The van der Waals surface area contributed by atoms with Gasteiger partial charge in [-0.2, -0.15) is 5.10 Å². The fourth-order valence-electron chi connectivity index (χ4n) is 2.13. The van der Waals surface area contributed by atoms with Crippen molar-refractivity contribution in [2.75, 3.05) is 5.32 Å². The van der Waals surface area contributed by atoms with Gasteiger partial charge in [-0.1, -0.05) is 17.7 Å². The van der Waals surface area contributed by atoms with E-state index in [1.165, 1.54) is 0 Å². The second-order valence-electron chi connectivity index (χ2n) is 4.73. The van der Waals surface area contributed by atoms with Crippen LogP contribution in [0, 0.1) is 6.92 Å². The number of carbonyl (C=O) groups excluding carboxylic acids is 1. The molecule has 0 aliphatic carbocycles. The van der Waals surface area contributed by atoms with Crippen LogP contribution in [-0.4, -0.2) is 20.7 Å². The van der Waals surface area contributed by atoms with E-state index >= 15 is 0 Å². The van der Waals surface area contributed by atoms with Crippen LogP contribution >= 0.6 is 11.6 Å². The van der Waals surface area contributed by atoms with Crippen LogP contribution in [0.25, 0.3) is 5.69 Å². The van der Waals surface area contributed by atoms with E-state index in [1.54, 1.807) is 47.5 Å². The van der Waals surface area contributed by atoms with Crippen molar-refractivity contribution in [2.24, 2.45) is 0 Å². The van der Waals surface area contributed by atoms with Gasteiger partial charge in [0.2, 0.25) is 0 Å². The number of hydrogen-bond acceptors (Lipinski definition) is 3. The minimum absolute atomic E-state index is 0.211. The number of carbonyl (C=O) groups is 1. The number of nitrogens with zero attached hydrogens (tertiary/aromatic N) is 3. The number of amides is 1. The Morgan fingerprint density at radius 2 is 2.00 bits per heavy atom. The first-order chi connectivity index (χ1) is 10.6. The van der Waals surface area contributed by atoms with Crippen molar-refractivity contribution in [3.05, 3.63) is 71.3 Å². The molecule has 1 amide bonds. The normalized spacial score (nSPS) is 10.5. The maximum absolute atomic E-state index is 12.3. The van der Waals surface area contributed by atoms with Gasteiger partial charge >= 0.3 is 0 Å². The van der Waals surface area contributed by atoms with Crippen molar-refractivity contribution in [3.63, 3.8) is 0 Å². The predicted molar refractivity (Wildman–Crippen MR) is 85.5 cm³/mol. The summed E-state index contributed by atoms with van der Waals surface area (Å²) in [5.74, 6) is -0.211. The van der Waals surface area contributed by atoms with Crippen LogP contribution in [0.2, 0.25) is 5.02 Å². The van der Waals surface area contributed by atoms with Gasteiger partial charge in [0.25, 0.3) is 5.91 Å². The van der Waals surface area contributed by atoms with Gasteiger partial charge in [0.05, 0.1) is 23.1 Å². The molecular formula is C16H13ClN4O. The number of pyridine rings is 1. The molecule has 2 heterocycles. The molecule has 0 spiro atoms. The van der Waals surface area contributed by atoms with E-state index in [0.29, 0.717) is 16.3 Å². The van der Waals surface area contributed by atoms with Gasteiger partial charge in [-0.25, -0.2) is 4.68 Å². The molecule has 22 heavy (non-hydrogen) atoms. The molecule has 0 atom stereocenters. The molecule has 1 aromatic carbocycles. The zero-order valence-electron chi connectivity index (χ0n) is 11.8. The molecule has 0 aliphatic heterocycles. The SMILES string of the molecule is Cc1c(C(=O)Nc2ccncc2)cnn1-c1cccc(Cl)c1. The van der Waals surface area contributed by atoms with Gasteiger partial charge in [0.15, 0.2) is 0 Å². The van der Waals surface area contributed by atoms with Crippen molar-refractivity contribution in [2.45, 2.75) is 6.92 Å². The van der Waals surface area contributed by atoms with Crippen LogP contribution in [0.15, 0.2) is 55.0 Å². The number of halogens is 1. The molecule has 0 bridgehead atoms. The molecular weight excluding hydrogens is 300 g/mol. The molecule has 3 aromatic rings. The van der Waals surface area contributed by atoms with Crippen LogP contribution in [-0.2, 0) is 0 Å². The Bertz CT molecular complexity index is 814. The van der Waals surface area contributed by atoms with Crippen LogP contribution < -0.4 is 5.32 Å². The number of hydrogen-bond donors (Lipinski definition) is 1. The molecule has 3 rings (SSSR count). The third-order valence-electron chi connectivity index (χ3n) is 3.25. The molecule has 110 valence electrons. The van der Waals surface area contributed by atoms with E-state index in [-0.39, 0.29) is 5.91 Å². The summed E-state index contributed by atoms with van der Waals surface area (Å²) in [6.07, 6.45) is 4.79. The van der Waals surface area contributed by atoms with Gasteiger partial charge in [-0.15, -0.1) is 0 Å². The Balaban J connectivity index is 1.89. The summed E-state index contributed by atoms with van der Waals surface area (Å²) in [6, 6.07) is 10.8. The predicted octanol–water partition coefficient (Wildman–Crippen LogP) is 3.48. The maximum atomic E-state index is 12.3. The van der Waals surface area contributed by atoms with Crippen molar-refractivity contribution in [1.82, 2.24) is 14.8 Å². The molecule has 0 fully saturated rings. The highest BCUT2D eigenvalue weighted by atomic mass is 35.5. The second kappa shape index (κ2) is 5.99. The maximum Gasteiger partial charge on any atom is 0.259 e. The molecule has 1 N–H and O–H groups in total. The Hall–Kier alpha value is -2.66. The Morgan fingerprint density at radius 3 is 2.73 bits per heavy atom. The molecule has 2 aromatic heterocycles. The zero-order chi connectivity index (χ0) is 15.5. The summed E-state index contributed by atoms with van der Waals surface area (Å²) < 4.78 is 1.69. The Morgan fingerprint density at radius 1 is 1.23 bits per heavy atom. The molecule has 0 aliphatic rings. The van der Waals surface area contributed by atoms with Gasteiger partial charge in [0, 0.05) is 23.1 Å². The van der Waals surface area contributed by atoms with Crippen molar-refractivity contribution >= 4 is 23.2 Å². The number of benzene rings is 1. The Labute approximate surface area is 132 Å². The van der Waals surface area contributed by atoms with Crippen molar-refractivity contribution in [1.29, 1.82) is 0 Å². The van der Waals surface area contributed by atoms with Crippen molar-refractivity contribution < 1.29 is 4.79 Å². The van der Waals surface area contributed by atoms with E-state index in [1.807, 2.05) is 19.1 Å². The van der Waals surface area contributed by atoms with E-state index in [0.717, 1.165) is 11.4 Å². The highest BCUT2D eigenvalue weighted by Crippen LogP contribution is 2.18. The van der Waals surface area contributed by atoms with Crippen LogP contribution in [0.4, 0.5) is 5.69 Å². The van der Waals surface area contributed by atoms with Gasteiger partial charge in [-0.3, -0.25) is 9.78 Å². The molecule has 0 saturated heterocycles. The number of nitrogens with one attached hydrogen (secondary N) is 1. The zero-order valence-corrected chi connectivity index (χ0v) is 12.6. The number of aromatic nitrogens is 3. The second-order valence-corrected chi connectivity index (χ2v) is 5.16. The minimum atomic E-state index is -0.211. The van der Waals surface area contributed by atoms with E-state index < -0.39 is 0 Å². The monoisotopic (exact) mass is 312 g/mol. The lowest BCUT2D eigenvalue weighted by Gasteiger charge is -2.07. The molecule has 5 nitrogen and oxygen atoms in total. The lowest BCUT2D eigenvalue weighted by molar-refractivity contribution is 0.102. The topological polar surface area (TPSA) is 59.8 Å².